The predicted molar refractivity (Wildman–Crippen MR) is 84.5 cm³/mol. The number of aryl methyl sites for hydroxylation is 1. The van der Waals surface area contributed by atoms with Crippen LogP contribution < -0.4 is 10.2 Å². The Kier molecular flexibility index (Phi) is 3.87. The average Bonchev–Trinajstić information content (AvgIpc) is 3.12. The molecule has 1 fully saturated rings. The van der Waals surface area contributed by atoms with Crippen LogP contribution in [0.25, 0.3) is 0 Å². The highest BCUT2D eigenvalue weighted by Gasteiger charge is 2.30. The highest BCUT2D eigenvalue weighted by atomic mass is 32.1. The minimum absolute atomic E-state index is 0.638. The van der Waals surface area contributed by atoms with E-state index in [0.29, 0.717) is 6.04 Å². The van der Waals surface area contributed by atoms with Gasteiger partial charge in [0.15, 0.2) is 0 Å². The maximum Gasteiger partial charge on any atom is 0.224 e. The molecular weight excluding hydrogens is 268 g/mol. The molecule has 106 valence electrons. The number of nitrogens with one attached hydrogen (secondary N) is 1. The lowest BCUT2D eigenvalue weighted by atomic mass is 10.3. The number of thiophene rings is 1. The van der Waals surface area contributed by atoms with Crippen molar-refractivity contribution < 1.29 is 0 Å². The Balaban J connectivity index is 1.86. The molecule has 0 bridgehead atoms. The standard InChI is InChI=1S/C15H20N4S/c1-3-16-15-17-11(2)8-14(18-15)19(13-4-5-13)9-12-6-7-20-10-12/h6-8,10,13H,3-5,9H2,1-2H3,(H,16,17,18). The summed E-state index contributed by atoms with van der Waals surface area (Å²) in [5, 5.41) is 7.57. The molecule has 2 aromatic heterocycles. The quantitative estimate of drug-likeness (QED) is 0.884. The van der Waals surface area contributed by atoms with E-state index in [4.69, 9.17) is 0 Å². The first-order valence-corrected chi connectivity index (χ1v) is 8.08. The lowest BCUT2D eigenvalue weighted by Crippen LogP contribution is -2.26. The van der Waals surface area contributed by atoms with Gasteiger partial charge in [-0.1, -0.05) is 0 Å². The molecule has 0 aliphatic heterocycles. The first-order chi connectivity index (χ1) is 9.76. The van der Waals surface area contributed by atoms with Gasteiger partial charge in [0.25, 0.3) is 0 Å². The van der Waals surface area contributed by atoms with Crippen LogP contribution in [0.3, 0.4) is 0 Å². The molecule has 0 saturated heterocycles. The van der Waals surface area contributed by atoms with Crippen molar-refractivity contribution >= 4 is 23.1 Å². The molecule has 5 heteroatoms. The lowest BCUT2D eigenvalue weighted by Gasteiger charge is -2.24. The Morgan fingerprint density at radius 1 is 1.40 bits per heavy atom. The Bertz CT molecular complexity index is 563. The second-order valence-corrected chi connectivity index (χ2v) is 5.99. The van der Waals surface area contributed by atoms with E-state index in [0.717, 1.165) is 30.5 Å². The maximum atomic E-state index is 4.67. The van der Waals surface area contributed by atoms with Gasteiger partial charge in [0.05, 0.1) is 0 Å². The molecule has 0 spiro atoms. The number of rotatable bonds is 6. The number of hydrogen-bond donors (Lipinski definition) is 1. The summed E-state index contributed by atoms with van der Waals surface area (Å²) >= 11 is 1.75. The van der Waals surface area contributed by atoms with Gasteiger partial charge in [0.2, 0.25) is 5.95 Å². The van der Waals surface area contributed by atoms with E-state index in [1.54, 1.807) is 11.3 Å². The fraction of sp³-hybridized carbons (Fsp3) is 0.467. The molecule has 0 unspecified atom stereocenters. The Morgan fingerprint density at radius 3 is 2.90 bits per heavy atom. The van der Waals surface area contributed by atoms with Crippen molar-refractivity contribution in [1.29, 1.82) is 0 Å². The third-order valence-electron chi connectivity index (χ3n) is 3.39. The second kappa shape index (κ2) is 5.79. The minimum Gasteiger partial charge on any atom is -0.354 e. The summed E-state index contributed by atoms with van der Waals surface area (Å²) in [4.78, 5) is 11.5. The fourth-order valence-electron chi connectivity index (χ4n) is 2.30. The summed E-state index contributed by atoms with van der Waals surface area (Å²) in [6.07, 6.45) is 2.54. The topological polar surface area (TPSA) is 41.1 Å². The molecule has 1 aliphatic rings. The Hall–Kier alpha value is -1.62. The molecule has 1 aliphatic carbocycles. The number of aromatic nitrogens is 2. The van der Waals surface area contributed by atoms with E-state index >= 15 is 0 Å². The van der Waals surface area contributed by atoms with Gasteiger partial charge in [0, 0.05) is 30.9 Å². The van der Waals surface area contributed by atoms with Crippen LogP contribution in [0.4, 0.5) is 11.8 Å². The van der Waals surface area contributed by atoms with Crippen LogP contribution in [0, 0.1) is 6.92 Å². The molecule has 20 heavy (non-hydrogen) atoms. The average molecular weight is 288 g/mol. The monoisotopic (exact) mass is 288 g/mol. The third kappa shape index (κ3) is 3.10. The minimum atomic E-state index is 0.638. The van der Waals surface area contributed by atoms with E-state index in [-0.39, 0.29) is 0 Å². The molecule has 0 atom stereocenters. The van der Waals surface area contributed by atoms with Gasteiger partial charge in [-0.15, -0.1) is 0 Å². The smallest absolute Gasteiger partial charge is 0.224 e. The normalized spacial score (nSPS) is 14.3. The molecule has 2 heterocycles. The highest BCUT2D eigenvalue weighted by Crippen LogP contribution is 2.33. The van der Waals surface area contributed by atoms with Gasteiger partial charge in [-0.2, -0.15) is 16.3 Å². The summed E-state index contributed by atoms with van der Waals surface area (Å²) in [5.74, 6) is 1.78. The van der Waals surface area contributed by atoms with Crippen molar-refractivity contribution in [3.05, 3.63) is 34.2 Å². The van der Waals surface area contributed by atoms with Gasteiger partial charge in [-0.3, -0.25) is 0 Å². The van der Waals surface area contributed by atoms with Crippen LogP contribution in [0.15, 0.2) is 22.9 Å². The van der Waals surface area contributed by atoms with Crippen LogP contribution in [0.1, 0.15) is 31.0 Å². The molecule has 0 amide bonds. The summed E-state index contributed by atoms with van der Waals surface area (Å²) in [5.41, 5.74) is 2.38. The second-order valence-electron chi connectivity index (χ2n) is 5.21. The summed E-state index contributed by atoms with van der Waals surface area (Å²) in [7, 11) is 0. The molecule has 1 saturated carbocycles. The van der Waals surface area contributed by atoms with Crippen molar-refractivity contribution in [3.8, 4) is 0 Å². The number of nitrogens with zero attached hydrogens (tertiary/aromatic N) is 3. The number of hydrogen-bond acceptors (Lipinski definition) is 5. The Labute approximate surface area is 123 Å². The summed E-state index contributed by atoms with van der Waals surface area (Å²) in [6, 6.07) is 4.92. The first-order valence-electron chi connectivity index (χ1n) is 7.13. The van der Waals surface area contributed by atoms with Crippen molar-refractivity contribution in [2.45, 2.75) is 39.3 Å². The van der Waals surface area contributed by atoms with Crippen molar-refractivity contribution in [2.75, 3.05) is 16.8 Å². The van der Waals surface area contributed by atoms with Gasteiger partial charge >= 0.3 is 0 Å². The predicted octanol–water partition coefficient (Wildman–Crippen LogP) is 3.45. The molecule has 2 aromatic rings. The zero-order valence-corrected chi connectivity index (χ0v) is 12.8. The molecule has 3 rings (SSSR count). The summed E-state index contributed by atoms with van der Waals surface area (Å²) in [6.45, 7) is 5.88. The lowest BCUT2D eigenvalue weighted by molar-refractivity contribution is 0.776. The molecule has 0 radical (unpaired) electrons. The van der Waals surface area contributed by atoms with Gasteiger partial charge in [0.1, 0.15) is 5.82 Å². The van der Waals surface area contributed by atoms with Crippen molar-refractivity contribution in [1.82, 2.24) is 9.97 Å². The van der Waals surface area contributed by atoms with E-state index in [2.05, 4.69) is 50.0 Å². The van der Waals surface area contributed by atoms with Crippen molar-refractivity contribution in [3.63, 3.8) is 0 Å². The number of anilines is 2. The fourth-order valence-corrected chi connectivity index (χ4v) is 2.96. The SMILES string of the molecule is CCNc1nc(C)cc(N(Cc2ccsc2)C2CC2)n1. The van der Waals surface area contributed by atoms with Crippen LogP contribution >= 0.6 is 11.3 Å². The van der Waals surface area contributed by atoms with Gasteiger partial charge in [-0.05, 0) is 49.1 Å². The zero-order chi connectivity index (χ0) is 13.9. The first kappa shape index (κ1) is 13.4. The van der Waals surface area contributed by atoms with E-state index in [1.165, 1.54) is 18.4 Å². The molecular formula is C15H20N4S. The molecule has 4 nitrogen and oxygen atoms in total. The van der Waals surface area contributed by atoms with E-state index < -0.39 is 0 Å². The van der Waals surface area contributed by atoms with Gasteiger partial charge < -0.3 is 10.2 Å². The summed E-state index contributed by atoms with van der Waals surface area (Å²) < 4.78 is 0. The molecule has 0 aromatic carbocycles. The van der Waals surface area contributed by atoms with Crippen LogP contribution in [0.5, 0.6) is 0 Å². The third-order valence-corrected chi connectivity index (χ3v) is 4.12. The Morgan fingerprint density at radius 2 is 2.25 bits per heavy atom. The van der Waals surface area contributed by atoms with Crippen LogP contribution in [-0.2, 0) is 6.54 Å². The van der Waals surface area contributed by atoms with Crippen LogP contribution in [0.2, 0.25) is 0 Å². The molecule has 1 N–H and O–H groups in total. The zero-order valence-electron chi connectivity index (χ0n) is 12.0. The largest absolute Gasteiger partial charge is 0.354 e. The maximum absolute atomic E-state index is 4.67. The van der Waals surface area contributed by atoms with Crippen molar-refractivity contribution in [2.24, 2.45) is 0 Å². The van der Waals surface area contributed by atoms with Crippen LogP contribution in [-0.4, -0.2) is 22.6 Å². The van der Waals surface area contributed by atoms with Gasteiger partial charge in [-0.25, -0.2) is 4.98 Å². The van der Waals surface area contributed by atoms with E-state index in [1.807, 2.05) is 6.92 Å². The van der Waals surface area contributed by atoms with E-state index in [9.17, 15) is 0 Å². The highest BCUT2D eigenvalue weighted by molar-refractivity contribution is 7.07.